The molecule has 2 saturated heterocycles. The summed E-state index contributed by atoms with van der Waals surface area (Å²) in [6.07, 6.45) is 1.45. The third kappa shape index (κ3) is 6.94. The van der Waals surface area contributed by atoms with Crippen LogP contribution in [0.3, 0.4) is 0 Å². The van der Waals surface area contributed by atoms with Gasteiger partial charge in [0.25, 0.3) is 11.8 Å². The van der Waals surface area contributed by atoms with E-state index in [4.69, 9.17) is 9.47 Å². The number of carbonyl (C=O) groups excluding carboxylic acids is 5. The molecule has 4 amide bonds. The van der Waals surface area contributed by atoms with Crippen LogP contribution in [0, 0.1) is 0 Å². The van der Waals surface area contributed by atoms with Gasteiger partial charge in [0.1, 0.15) is 0 Å². The van der Waals surface area contributed by atoms with Gasteiger partial charge in [-0.15, -0.1) is 0 Å². The molecule has 2 atom stereocenters. The second-order valence-electron chi connectivity index (χ2n) is 8.84. The minimum Gasteiger partial charge on any atom is -0.449 e. The number of carbonyl (C=O) groups is 5. The Labute approximate surface area is 221 Å². The monoisotopic (exact) mass is 524 g/mol. The van der Waals surface area contributed by atoms with Crippen molar-refractivity contribution in [2.75, 3.05) is 44.7 Å². The number of morpholine rings is 1. The molecule has 202 valence electrons. The number of nitrogens with one attached hydrogen (secondary N) is 1. The Hall–Kier alpha value is -4.25. The first kappa shape index (κ1) is 28.3. The Kier molecular flexibility index (Phi) is 9.55. The van der Waals surface area contributed by atoms with Gasteiger partial charge in [-0.1, -0.05) is 31.4 Å². The number of nitrogens with zero attached hydrogens (tertiary/aromatic N) is 3. The molecule has 2 heterocycles. The Morgan fingerprint density at radius 2 is 1.97 bits per heavy atom. The van der Waals surface area contributed by atoms with Crippen molar-refractivity contribution in [1.29, 1.82) is 0 Å². The number of rotatable bonds is 9. The van der Waals surface area contributed by atoms with Gasteiger partial charge in [0.05, 0.1) is 19.6 Å². The van der Waals surface area contributed by atoms with E-state index in [9.17, 15) is 24.0 Å². The normalized spacial score (nSPS) is 19.1. The number of likely N-dealkylation sites (N-methyl/N-ethyl adjacent to an activating group) is 1. The summed E-state index contributed by atoms with van der Waals surface area (Å²) in [6.45, 7) is 9.56. The van der Waals surface area contributed by atoms with Gasteiger partial charge in [0, 0.05) is 45.0 Å². The van der Waals surface area contributed by atoms with Gasteiger partial charge < -0.3 is 29.5 Å². The van der Waals surface area contributed by atoms with E-state index in [0.717, 1.165) is 6.92 Å². The fourth-order valence-electron chi connectivity index (χ4n) is 4.10. The molecule has 1 N–H and O–H groups in total. The summed E-state index contributed by atoms with van der Waals surface area (Å²) in [6, 6.07) is 6.90. The van der Waals surface area contributed by atoms with Gasteiger partial charge in [-0.2, -0.15) is 0 Å². The lowest BCUT2D eigenvalue weighted by atomic mass is 10.1. The van der Waals surface area contributed by atoms with Crippen molar-refractivity contribution < 1.29 is 33.4 Å². The zero-order valence-electron chi connectivity index (χ0n) is 21.6. The van der Waals surface area contributed by atoms with E-state index >= 15 is 0 Å². The number of anilines is 1. The lowest BCUT2D eigenvalue weighted by molar-refractivity contribution is -0.169. The molecule has 2 aliphatic heterocycles. The average molecular weight is 525 g/mol. The number of hydrogen-bond donors (Lipinski definition) is 1. The highest BCUT2D eigenvalue weighted by Crippen LogP contribution is 2.23. The molecule has 2 aliphatic rings. The molecule has 1 aromatic carbocycles. The fraction of sp³-hybridized carbons (Fsp3) is 0.370. The van der Waals surface area contributed by atoms with Crippen molar-refractivity contribution >= 4 is 35.3 Å². The molecule has 2 fully saturated rings. The van der Waals surface area contributed by atoms with Crippen LogP contribution in [0.1, 0.15) is 12.5 Å². The Morgan fingerprint density at radius 1 is 1.21 bits per heavy atom. The van der Waals surface area contributed by atoms with Gasteiger partial charge >= 0.3 is 5.97 Å². The van der Waals surface area contributed by atoms with Gasteiger partial charge in [-0.25, -0.2) is 0 Å². The van der Waals surface area contributed by atoms with Crippen LogP contribution in [0.25, 0.3) is 0 Å². The average Bonchev–Trinajstić information content (AvgIpc) is 2.88. The highest BCUT2D eigenvalue weighted by molar-refractivity contribution is 6.02. The van der Waals surface area contributed by atoms with E-state index in [0.29, 0.717) is 30.0 Å². The SMILES string of the molecule is C=CC=C(C=C)NC(=O)C(OC(C)=O)C1OCCN(c2cccc(CC(=O)N3CCN(C)C(=O)C3)c2)C1=O. The molecule has 3 rings (SSSR count). The fourth-order valence-corrected chi connectivity index (χ4v) is 4.10. The van der Waals surface area contributed by atoms with Gasteiger partial charge in [0.15, 0.2) is 6.10 Å². The lowest BCUT2D eigenvalue weighted by Crippen LogP contribution is -2.57. The minimum atomic E-state index is -1.55. The minimum absolute atomic E-state index is 0.0355. The number of amides is 4. The van der Waals surface area contributed by atoms with Crippen LogP contribution in [0.2, 0.25) is 0 Å². The van der Waals surface area contributed by atoms with Crippen LogP contribution in [-0.4, -0.2) is 91.4 Å². The van der Waals surface area contributed by atoms with Crippen LogP contribution in [0.5, 0.6) is 0 Å². The number of ether oxygens (including phenoxy) is 2. The zero-order valence-corrected chi connectivity index (χ0v) is 21.6. The van der Waals surface area contributed by atoms with Crippen molar-refractivity contribution in [2.45, 2.75) is 25.6 Å². The summed E-state index contributed by atoms with van der Waals surface area (Å²) >= 11 is 0. The molecule has 0 saturated carbocycles. The summed E-state index contributed by atoms with van der Waals surface area (Å²) < 4.78 is 10.8. The maximum Gasteiger partial charge on any atom is 0.303 e. The van der Waals surface area contributed by atoms with Crippen molar-refractivity contribution in [2.24, 2.45) is 0 Å². The highest BCUT2D eigenvalue weighted by atomic mass is 16.6. The summed E-state index contributed by atoms with van der Waals surface area (Å²) in [5.41, 5.74) is 1.47. The van der Waals surface area contributed by atoms with Crippen molar-refractivity contribution in [1.82, 2.24) is 15.1 Å². The number of benzene rings is 1. The third-order valence-electron chi connectivity index (χ3n) is 6.12. The van der Waals surface area contributed by atoms with Gasteiger partial charge in [-0.3, -0.25) is 24.0 Å². The molecular formula is C27H32N4O7. The number of piperazine rings is 1. The topological polar surface area (TPSA) is 126 Å². The molecule has 0 aromatic heterocycles. The zero-order chi connectivity index (χ0) is 27.8. The summed E-state index contributed by atoms with van der Waals surface area (Å²) in [4.78, 5) is 67.5. The van der Waals surface area contributed by atoms with Crippen molar-refractivity contribution in [3.05, 3.63) is 66.9 Å². The highest BCUT2D eigenvalue weighted by Gasteiger charge is 2.42. The number of esters is 1. The molecule has 38 heavy (non-hydrogen) atoms. The quantitative estimate of drug-likeness (QED) is 0.370. The van der Waals surface area contributed by atoms with Crippen LogP contribution in [0.15, 0.2) is 61.3 Å². The second kappa shape index (κ2) is 12.8. The molecule has 0 aliphatic carbocycles. The van der Waals surface area contributed by atoms with E-state index in [-0.39, 0.29) is 37.9 Å². The second-order valence-corrected chi connectivity index (χ2v) is 8.84. The summed E-state index contributed by atoms with van der Waals surface area (Å²) in [7, 11) is 1.70. The number of hydrogen-bond acceptors (Lipinski definition) is 7. The Balaban J connectivity index is 1.77. The first-order chi connectivity index (χ1) is 18.1. The Bertz CT molecular complexity index is 1160. The molecule has 0 bridgehead atoms. The maximum atomic E-state index is 13.4. The molecule has 11 heteroatoms. The van der Waals surface area contributed by atoms with Gasteiger partial charge in [-0.05, 0) is 29.8 Å². The smallest absolute Gasteiger partial charge is 0.303 e. The van der Waals surface area contributed by atoms with Crippen LogP contribution >= 0.6 is 0 Å². The maximum absolute atomic E-state index is 13.4. The van der Waals surface area contributed by atoms with Gasteiger partial charge in [0.2, 0.25) is 17.9 Å². The molecule has 2 unspecified atom stereocenters. The van der Waals surface area contributed by atoms with Crippen LogP contribution in [0.4, 0.5) is 5.69 Å². The molecule has 0 spiro atoms. The van der Waals surface area contributed by atoms with E-state index in [1.807, 2.05) is 0 Å². The van der Waals surface area contributed by atoms with E-state index in [1.165, 1.54) is 28.0 Å². The Morgan fingerprint density at radius 3 is 2.63 bits per heavy atom. The van der Waals surface area contributed by atoms with Crippen LogP contribution < -0.4 is 10.2 Å². The molecular weight excluding hydrogens is 492 g/mol. The van der Waals surface area contributed by atoms with E-state index < -0.39 is 30.0 Å². The van der Waals surface area contributed by atoms with Crippen LogP contribution in [-0.2, 0) is 39.9 Å². The number of allylic oxidation sites excluding steroid dienone is 3. The standard InChI is InChI=1S/C27H32N4O7/c1-5-8-20(6-2)28-26(35)24(38-18(3)32)25-27(36)31(13-14-37-25)21-10-7-9-19(15-21)16-22(33)30-12-11-29(4)23(34)17-30/h5-10,15,24-25H,1-2,11-14,16-17H2,3-4H3,(H,28,35). The summed E-state index contributed by atoms with van der Waals surface area (Å²) in [5, 5.41) is 2.55. The lowest BCUT2D eigenvalue weighted by Gasteiger charge is -2.35. The van der Waals surface area contributed by atoms with E-state index in [2.05, 4.69) is 18.5 Å². The molecule has 11 nitrogen and oxygen atoms in total. The largest absolute Gasteiger partial charge is 0.449 e. The van der Waals surface area contributed by atoms with Crippen molar-refractivity contribution in [3.63, 3.8) is 0 Å². The summed E-state index contributed by atoms with van der Waals surface area (Å²) in [5.74, 6) is -2.38. The predicted octanol–water partition coefficient (Wildman–Crippen LogP) is 0.565. The first-order valence-corrected chi connectivity index (χ1v) is 12.1. The van der Waals surface area contributed by atoms with E-state index in [1.54, 1.807) is 36.2 Å². The molecule has 0 radical (unpaired) electrons. The molecule has 1 aromatic rings. The third-order valence-corrected chi connectivity index (χ3v) is 6.12. The predicted molar refractivity (Wildman–Crippen MR) is 139 cm³/mol. The first-order valence-electron chi connectivity index (χ1n) is 12.1. The van der Waals surface area contributed by atoms with Crippen molar-refractivity contribution in [3.8, 4) is 0 Å².